The maximum absolute atomic E-state index is 12.8. The summed E-state index contributed by atoms with van der Waals surface area (Å²) in [6, 6.07) is 5.63. The zero-order valence-corrected chi connectivity index (χ0v) is 18.7. The second-order valence-electron chi connectivity index (χ2n) is 7.68. The van der Waals surface area contributed by atoms with Gasteiger partial charge < -0.3 is 18.8 Å². The lowest BCUT2D eigenvalue weighted by molar-refractivity contribution is -0.137. The van der Waals surface area contributed by atoms with Crippen LogP contribution in [0.25, 0.3) is 11.5 Å². The van der Waals surface area contributed by atoms with E-state index < -0.39 is 0 Å². The van der Waals surface area contributed by atoms with Crippen LogP contribution < -0.4 is 9.47 Å². The summed E-state index contributed by atoms with van der Waals surface area (Å²) in [7, 11) is 3.22. The zero-order valence-electron chi connectivity index (χ0n) is 18.7. The zero-order chi connectivity index (χ0) is 21.7. The van der Waals surface area contributed by atoms with Crippen molar-refractivity contribution in [2.24, 2.45) is 5.92 Å². The van der Waals surface area contributed by atoms with E-state index in [9.17, 15) is 4.79 Å². The Morgan fingerprint density at radius 2 is 1.97 bits per heavy atom. The van der Waals surface area contributed by atoms with E-state index in [1.165, 1.54) is 0 Å². The van der Waals surface area contributed by atoms with E-state index in [2.05, 4.69) is 4.90 Å². The van der Waals surface area contributed by atoms with E-state index in [0.717, 1.165) is 56.0 Å². The molecular formula is C23H33N3O4. The molecule has 1 aliphatic rings. The number of aryl methyl sites for hydroxylation is 1. The van der Waals surface area contributed by atoms with Crippen LogP contribution in [0.15, 0.2) is 22.6 Å². The van der Waals surface area contributed by atoms with Crippen LogP contribution in [-0.2, 0) is 11.3 Å². The summed E-state index contributed by atoms with van der Waals surface area (Å²) in [6.45, 7) is 9.98. The van der Waals surface area contributed by atoms with Crippen LogP contribution in [0.1, 0.15) is 38.1 Å². The molecule has 2 aromatic rings. The molecule has 0 saturated carbocycles. The molecule has 1 aromatic carbocycles. The number of aromatic nitrogens is 1. The van der Waals surface area contributed by atoms with Crippen LogP contribution in [-0.4, -0.2) is 61.1 Å². The van der Waals surface area contributed by atoms with E-state index in [-0.39, 0.29) is 11.8 Å². The highest BCUT2D eigenvalue weighted by Crippen LogP contribution is 2.33. The molecular weight excluding hydrogens is 382 g/mol. The van der Waals surface area contributed by atoms with Gasteiger partial charge >= 0.3 is 0 Å². The molecule has 7 nitrogen and oxygen atoms in total. The predicted molar refractivity (Wildman–Crippen MR) is 116 cm³/mol. The Bertz CT molecular complexity index is 860. The van der Waals surface area contributed by atoms with Crippen LogP contribution in [0, 0.1) is 12.8 Å². The maximum Gasteiger partial charge on any atom is 0.226 e. The molecule has 0 bridgehead atoms. The molecule has 7 heteroatoms. The predicted octanol–water partition coefficient (Wildman–Crippen LogP) is 3.75. The number of rotatable bonds is 8. The fourth-order valence-corrected chi connectivity index (χ4v) is 4.07. The summed E-state index contributed by atoms with van der Waals surface area (Å²) >= 11 is 0. The molecule has 164 valence electrons. The van der Waals surface area contributed by atoms with Crippen LogP contribution in [0.4, 0.5) is 0 Å². The first-order valence-electron chi connectivity index (χ1n) is 10.7. The minimum Gasteiger partial charge on any atom is -0.493 e. The number of benzene rings is 1. The average molecular weight is 416 g/mol. The third kappa shape index (κ3) is 4.78. The molecule has 3 rings (SSSR count). The Kier molecular flexibility index (Phi) is 7.37. The molecule has 1 fully saturated rings. The quantitative estimate of drug-likeness (QED) is 0.654. The molecule has 0 aliphatic carbocycles. The van der Waals surface area contributed by atoms with Gasteiger partial charge in [0.1, 0.15) is 5.76 Å². The van der Waals surface area contributed by atoms with E-state index in [4.69, 9.17) is 18.9 Å². The summed E-state index contributed by atoms with van der Waals surface area (Å²) in [5, 5.41) is 0. The van der Waals surface area contributed by atoms with E-state index >= 15 is 0 Å². The van der Waals surface area contributed by atoms with Gasteiger partial charge in [0, 0.05) is 31.7 Å². The van der Waals surface area contributed by atoms with Crippen molar-refractivity contribution in [1.82, 2.24) is 14.8 Å². The molecule has 0 spiro atoms. The largest absolute Gasteiger partial charge is 0.493 e. The van der Waals surface area contributed by atoms with Crippen LogP contribution >= 0.6 is 0 Å². The second kappa shape index (κ2) is 9.98. The van der Waals surface area contributed by atoms with Gasteiger partial charge in [0.2, 0.25) is 11.8 Å². The number of carbonyl (C=O) groups is 1. The van der Waals surface area contributed by atoms with Crippen LogP contribution in [0.5, 0.6) is 11.5 Å². The standard InChI is InChI=1S/C23H33N3O4/c1-6-26(7-2)23(27)18-9-8-12-25(14-18)15-19-16(3)30-22(24-19)17-10-11-20(28-4)21(13-17)29-5/h10-11,13,18H,6-9,12,14-15H2,1-5H3. The summed E-state index contributed by atoms with van der Waals surface area (Å²) in [6.07, 6.45) is 1.98. The molecule has 1 atom stereocenters. The number of carbonyl (C=O) groups excluding carboxylic acids is 1. The van der Waals surface area contributed by atoms with E-state index in [0.29, 0.717) is 23.9 Å². The summed E-state index contributed by atoms with van der Waals surface area (Å²) in [5.74, 6) is 3.01. The summed E-state index contributed by atoms with van der Waals surface area (Å²) in [5.41, 5.74) is 1.76. The van der Waals surface area contributed by atoms with Crippen LogP contribution in [0.3, 0.4) is 0 Å². The Balaban J connectivity index is 1.72. The number of hydrogen-bond donors (Lipinski definition) is 0. The van der Waals surface area contributed by atoms with E-state index in [1.807, 2.05) is 43.9 Å². The highest BCUT2D eigenvalue weighted by atomic mass is 16.5. The molecule has 1 saturated heterocycles. The van der Waals surface area contributed by atoms with Crippen LogP contribution in [0.2, 0.25) is 0 Å². The monoisotopic (exact) mass is 415 g/mol. The fourth-order valence-electron chi connectivity index (χ4n) is 4.07. The maximum atomic E-state index is 12.8. The second-order valence-corrected chi connectivity index (χ2v) is 7.68. The van der Waals surface area contributed by atoms with Crippen molar-refractivity contribution in [3.63, 3.8) is 0 Å². The van der Waals surface area contributed by atoms with Crippen molar-refractivity contribution >= 4 is 5.91 Å². The Morgan fingerprint density at radius 1 is 1.23 bits per heavy atom. The molecule has 0 radical (unpaired) electrons. The third-order valence-corrected chi connectivity index (χ3v) is 5.83. The normalized spacial score (nSPS) is 17.0. The SMILES string of the molecule is CCN(CC)C(=O)C1CCCN(Cc2nc(-c3ccc(OC)c(OC)c3)oc2C)C1. The lowest BCUT2D eigenvalue weighted by atomic mass is 9.96. The smallest absolute Gasteiger partial charge is 0.226 e. The first kappa shape index (κ1) is 22.2. The summed E-state index contributed by atoms with van der Waals surface area (Å²) in [4.78, 5) is 21.8. The molecule has 1 aliphatic heterocycles. The first-order chi connectivity index (χ1) is 14.5. The Hall–Kier alpha value is -2.54. The topological polar surface area (TPSA) is 68.0 Å². The van der Waals surface area contributed by atoms with Crippen molar-refractivity contribution in [1.29, 1.82) is 0 Å². The van der Waals surface area contributed by atoms with Gasteiger partial charge in [-0.15, -0.1) is 0 Å². The Morgan fingerprint density at radius 3 is 2.63 bits per heavy atom. The average Bonchev–Trinajstić information content (AvgIpc) is 3.14. The van der Waals surface area contributed by atoms with Gasteiger partial charge in [-0.2, -0.15) is 0 Å². The number of likely N-dealkylation sites (tertiary alicyclic amines) is 1. The van der Waals surface area contributed by atoms with Gasteiger partial charge in [-0.25, -0.2) is 4.98 Å². The molecule has 0 N–H and O–H groups in total. The fraction of sp³-hybridized carbons (Fsp3) is 0.565. The first-order valence-corrected chi connectivity index (χ1v) is 10.7. The third-order valence-electron chi connectivity index (χ3n) is 5.83. The number of hydrogen-bond acceptors (Lipinski definition) is 6. The molecule has 30 heavy (non-hydrogen) atoms. The van der Waals surface area contributed by atoms with Crippen molar-refractivity contribution in [2.75, 3.05) is 40.4 Å². The van der Waals surface area contributed by atoms with Gasteiger partial charge in [-0.1, -0.05) is 0 Å². The number of piperidine rings is 1. The van der Waals surface area contributed by atoms with Gasteiger partial charge in [0.05, 0.1) is 25.8 Å². The van der Waals surface area contributed by atoms with Crippen molar-refractivity contribution in [3.05, 3.63) is 29.7 Å². The van der Waals surface area contributed by atoms with Gasteiger partial charge in [-0.3, -0.25) is 9.69 Å². The van der Waals surface area contributed by atoms with Gasteiger partial charge in [-0.05, 0) is 58.4 Å². The van der Waals surface area contributed by atoms with Crippen molar-refractivity contribution in [3.8, 4) is 23.0 Å². The molecule has 1 unspecified atom stereocenters. The highest BCUT2D eigenvalue weighted by Gasteiger charge is 2.29. The van der Waals surface area contributed by atoms with Gasteiger partial charge in [0.25, 0.3) is 0 Å². The molecule has 1 amide bonds. The minimum absolute atomic E-state index is 0.0659. The number of methoxy groups -OCH3 is 2. The number of ether oxygens (including phenoxy) is 2. The summed E-state index contributed by atoms with van der Waals surface area (Å²) < 4.78 is 16.6. The highest BCUT2D eigenvalue weighted by molar-refractivity contribution is 5.79. The number of nitrogens with zero attached hydrogens (tertiary/aromatic N) is 3. The van der Waals surface area contributed by atoms with E-state index in [1.54, 1.807) is 14.2 Å². The van der Waals surface area contributed by atoms with Crippen molar-refractivity contribution in [2.45, 2.75) is 40.2 Å². The lowest BCUT2D eigenvalue weighted by Gasteiger charge is -2.34. The molecule has 2 heterocycles. The lowest BCUT2D eigenvalue weighted by Crippen LogP contribution is -2.44. The Labute approximate surface area is 179 Å². The number of amides is 1. The van der Waals surface area contributed by atoms with Crippen molar-refractivity contribution < 1.29 is 18.7 Å². The minimum atomic E-state index is 0.0659. The number of oxazole rings is 1. The molecule has 1 aromatic heterocycles. The van der Waals surface area contributed by atoms with Gasteiger partial charge in [0.15, 0.2) is 11.5 Å².